The van der Waals surface area contributed by atoms with Gasteiger partial charge >= 0.3 is 0 Å². The van der Waals surface area contributed by atoms with Crippen LogP contribution in [0.15, 0.2) is 24.3 Å². The SMILES string of the molecule is CCCOc1ccccc1-c1nnc(C)[nH]1. The fraction of sp³-hybridized carbons (Fsp3) is 0.333. The van der Waals surface area contributed by atoms with Crippen molar-refractivity contribution in [2.45, 2.75) is 20.3 Å². The van der Waals surface area contributed by atoms with E-state index in [4.69, 9.17) is 4.74 Å². The monoisotopic (exact) mass is 217 g/mol. The fourth-order valence-corrected chi connectivity index (χ4v) is 1.47. The number of H-pyrrole nitrogens is 1. The zero-order valence-corrected chi connectivity index (χ0v) is 9.53. The Labute approximate surface area is 94.7 Å². The maximum Gasteiger partial charge on any atom is 0.165 e. The summed E-state index contributed by atoms with van der Waals surface area (Å²) in [5.74, 6) is 2.41. The van der Waals surface area contributed by atoms with Crippen LogP contribution in [0.4, 0.5) is 0 Å². The summed E-state index contributed by atoms with van der Waals surface area (Å²) in [5.41, 5.74) is 0.955. The molecule has 0 unspecified atom stereocenters. The van der Waals surface area contributed by atoms with Gasteiger partial charge in [0.1, 0.15) is 11.6 Å². The number of hydrogen-bond acceptors (Lipinski definition) is 3. The zero-order valence-electron chi connectivity index (χ0n) is 9.53. The summed E-state index contributed by atoms with van der Waals surface area (Å²) in [7, 11) is 0. The molecule has 0 saturated carbocycles. The Balaban J connectivity index is 2.32. The van der Waals surface area contributed by atoms with Crippen molar-refractivity contribution in [1.29, 1.82) is 0 Å². The minimum absolute atomic E-state index is 0.712. The Morgan fingerprint density at radius 3 is 2.75 bits per heavy atom. The summed E-state index contributed by atoms with van der Waals surface area (Å²) in [4.78, 5) is 3.11. The molecular weight excluding hydrogens is 202 g/mol. The first-order valence-electron chi connectivity index (χ1n) is 5.42. The molecule has 1 aromatic heterocycles. The van der Waals surface area contributed by atoms with E-state index in [0.29, 0.717) is 6.61 Å². The van der Waals surface area contributed by atoms with Crippen molar-refractivity contribution in [3.05, 3.63) is 30.1 Å². The number of aryl methyl sites for hydroxylation is 1. The van der Waals surface area contributed by atoms with Crippen LogP contribution in [0.2, 0.25) is 0 Å². The lowest BCUT2D eigenvalue weighted by atomic mass is 10.2. The molecule has 0 amide bonds. The molecule has 0 aliphatic heterocycles. The molecule has 0 aliphatic rings. The lowest BCUT2D eigenvalue weighted by molar-refractivity contribution is 0.318. The van der Waals surface area contributed by atoms with Gasteiger partial charge in [-0.05, 0) is 25.5 Å². The number of para-hydroxylation sites is 1. The molecule has 4 heteroatoms. The van der Waals surface area contributed by atoms with Crippen molar-refractivity contribution in [1.82, 2.24) is 15.2 Å². The van der Waals surface area contributed by atoms with E-state index in [1.165, 1.54) is 0 Å². The Morgan fingerprint density at radius 2 is 2.06 bits per heavy atom. The van der Waals surface area contributed by atoms with E-state index in [9.17, 15) is 0 Å². The van der Waals surface area contributed by atoms with E-state index >= 15 is 0 Å². The van der Waals surface area contributed by atoms with Crippen LogP contribution in [0.3, 0.4) is 0 Å². The topological polar surface area (TPSA) is 50.8 Å². The Hall–Kier alpha value is -1.84. The Morgan fingerprint density at radius 1 is 1.25 bits per heavy atom. The molecule has 0 radical (unpaired) electrons. The first-order chi connectivity index (χ1) is 7.81. The normalized spacial score (nSPS) is 10.4. The molecule has 0 aliphatic carbocycles. The Bertz CT molecular complexity index is 465. The summed E-state index contributed by atoms with van der Waals surface area (Å²) in [6.07, 6.45) is 0.990. The van der Waals surface area contributed by atoms with Gasteiger partial charge < -0.3 is 9.72 Å². The zero-order chi connectivity index (χ0) is 11.4. The molecule has 0 atom stereocenters. The second kappa shape index (κ2) is 4.79. The number of nitrogens with one attached hydrogen (secondary N) is 1. The van der Waals surface area contributed by atoms with E-state index in [-0.39, 0.29) is 0 Å². The highest BCUT2D eigenvalue weighted by Gasteiger charge is 2.08. The average molecular weight is 217 g/mol. The van der Waals surface area contributed by atoms with Gasteiger partial charge in [-0.15, -0.1) is 10.2 Å². The highest BCUT2D eigenvalue weighted by atomic mass is 16.5. The van der Waals surface area contributed by atoms with Gasteiger partial charge in [0.2, 0.25) is 0 Å². The van der Waals surface area contributed by atoms with E-state index in [1.54, 1.807) is 0 Å². The minimum Gasteiger partial charge on any atom is -0.493 e. The van der Waals surface area contributed by atoms with E-state index in [1.807, 2.05) is 31.2 Å². The first kappa shape index (κ1) is 10.7. The second-order valence-electron chi connectivity index (χ2n) is 3.60. The standard InChI is InChI=1S/C12H15N3O/c1-3-8-16-11-7-5-4-6-10(11)12-13-9(2)14-15-12/h4-7H,3,8H2,1-2H3,(H,13,14,15). The molecule has 1 N–H and O–H groups in total. The number of aromatic amines is 1. The molecule has 2 rings (SSSR count). The summed E-state index contributed by atoms with van der Waals surface area (Å²) >= 11 is 0. The number of benzene rings is 1. The average Bonchev–Trinajstić information content (AvgIpc) is 2.73. The molecule has 0 bridgehead atoms. The number of nitrogens with zero attached hydrogens (tertiary/aromatic N) is 2. The predicted octanol–water partition coefficient (Wildman–Crippen LogP) is 2.57. The van der Waals surface area contributed by atoms with Crippen LogP contribution in [-0.2, 0) is 0 Å². The first-order valence-corrected chi connectivity index (χ1v) is 5.42. The van der Waals surface area contributed by atoms with E-state index < -0.39 is 0 Å². The molecule has 0 fully saturated rings. The van der Waals surface area contributed by atoms with E-state index in [0.717, 1.165) is 29.4 Å². The third-order valence-corrected chi connectivity index (χ3v) is 2.20. The molecular formula is C12H15N3O. The van der Waals surface area contributed by atoms with Gasteiger partial charge in [-0.25, -0.2) is 0 Å². The highest BCUT2D eigenvalue weighted by Crippen LogP contribution is 2.26. The number of hydrogen-bond donors (Lipinski definition) is 1. The highest BCUT2D eigenvalue weighted by molar-refractivity contribution is 5.63. The maximum atomic E-state index is 5.66. The summed E-state index contributed by atoms with van der Waals surface area (Å²) < 4.78 is 5.66. The predicted molar refractivity (Wildman–Crippen MR) is 62.3 cm³/mol. The van der Waals surface area contributed by atoms with Crippen molar-refractivity contribution in [2.24, 2.45) is 0 Å². The van der Waals surface area contributed by atoms with Crippen LogP contribution in [0.5, 0.6) is 5.75 Å². The van der Waals surface area contributed by atoms with Crippen molar-refractivity contribution in [2.75, 3.05) is 6.61 Å². The van der Waals surface area contributed by atoms with Gasteiger partial charge in [-0.3, -0.25) is 0 Å². The lowest BCUT2D eigenvalue weighted by Gasteiger charge is -2.08. The molecule has 4 nitrogen and oxygen atoms in total. The van der Waals surface area contributed by atoms with Crippen LogP contribution >= 0.6 is 0 Å². The number of ether oxygens (including phenoxy) is 1. The van der Waals surface area contributed by atoms with Gasteiger partial charge in [-0.1, -0.05) is 19.1 Å². The largest absolute Gasteiger partial charge is 0.493 e. The van der Waals surface area contributed by atoms with Gasteiger partial charge in [0.15, 0.2) is 5.82 Å². The third kappa shape index (κ3) is 2.21. The summed E-state index contributed by atoms with van der Waals surface area (Å²) in [5, 5.41) is 8.02. The summed E-state index contributed by atoms with van der Waals surface area (Å²) in [6, 6.07) is 7.84. The molecule has 0 spiro atoms. The van der Waals surface area contributed by atoms with Crippen LogP contribution in [0.1, 0.15) is 19.2 Å². The van der Waals surface area contributed by atoms with Gasteiger partial charge in [0.05, 0.1) is 12.2 Å². The van der Waals surface area contributed by atoms with Gasteiger partial charge in [0, 0.05) is 0 Å². The molecule has 16 heavy (non-hydrogen) atoms. The van der Waals surface area contributed by atoms with Crippen LogP contribution < -0.4 is 4.74 Å². The van der Waals surface area contributed by atoms with Crippen molar-refractivity contribution < 1.29 is 4.74 Å². The third-order valence-electron chi connectivity index (χ3n) is 2.20. The number of rotatable bonds is 4. The molecule has 1 aromatic carbocycles. The Kier molecular flexibility index (Phi) is 3.19. The maximum absolute atomic E-state index is 5.66. The molecule has 2 aromatic rings. The van der Waals surface area contributed by atoms with Crippen molar-refractivity contribution >= 4 is 0 Å². The quantitative estimate of drug-likeness (QED) is 0.856. The summed E-state index contributed by atoms with van der Waals surface area (Å²) in [6.45, 7) is 4.68. The lowest BCUT2D eigenvalue weighted by Crippen LogP contribution is -1.97. The van der Waals surface area contributed by atoms with E-state index in [2.05, 4.69) is 22.1 Å². The van der Waals surface area contributed by atoms with Crippen LogP contribution in [0, 0.1) is 6.92 Å². The number of aromatic nitrogens is 3. The van der Waals surface area contributed by atoms with Gasteiger partial charge in [0.25, 0.3) is 0 Å². The molecule has 1 heterocycles. The fourth-order valence-electron chi connectivity index (χ4n) is 1.47. The molecule has 84 valence electrons. The van der Waals surface area contributed by atoms with Crippen LogP contribution in [-0.4, -0.2) is 21.8 Å². The second-order valence-corrected chi connectivity index (χ2v) is 3.60. The van der Waals surface area contributed by atoms with Crippen LogP contribution in [0.25, 0.3) is 11.4 Å². The van der Waals surface area contributed by atoms with Crippen molar-refractivity contribution in [3.63, 3.8) is 0 Å². The van der Waals surface area contributed by atoms with Crippen molar-refractivity contribution in [3.8, 4) is 17.1 Å². The molecule has 0 saturated heterocycles. The van der Waals surface area contributed by atoms with Gasteiger partial charge in [-0.2, -0.15) is 0 Å². The minimum atomic E-state index is 0.712. The smallest absolute Gasteiger partial charge is 0.165 e.